The van der Waals surface area contributed by atoms with Crippen LogP contribution in [0.25, 0.3) is 0 Å². The number of hydrogen-bond acceptors (Lipinski definition) is 2. The second-order valence-electron chi connectivity index (χ2n) is 6.07. The molecule has 1 heterocycles. The minimum Gasteiger partial charge on any atom is -0.348 e. The molecule has 1 aromatic heterocycles. The molecule has 2 aliphatic carbocycles. The second-order valence-corrected chi connectivity index (χ2v) is 7.05. The van der Waals surface area contributed by atoms with Crippen LogP contribution < -0.4 is 5.32 Å². The number of thiophene rings is 1. The SMILES string of the molecule is O=C(C[C@H]1C=CCC1)N[C@H](c1cccs1)C1CCCC1. The molecule has 0 saturated heterocycles. The average molecular weight is 289 g/mol. The summed E-state index contributed by atoms with van der Waals surface area (Å²) in [6.45, 7) is 0. The molecule has 0 radical (unpaired) electrons. The van der Waals surface area contributed by atoms with Gasteiger partial charge in [-0.1, -0.05) is 31.1 Å². The van der Waals surface area contributed by atoms with Gasteiger partial charge < -0.3 is 5.32 Å². The number of allylic oxidation sites excluding steroid dienone is 2. The van der Waals surface area contributed by atoms with E-state index in [0.717, 1.165) is 12.8 Å². The Hall–Kier alpha value is -1.09. The summed E-state index contributed by atoms with van der Waals surface area (Å²) in [5, 5.41) is 5.44. The molecule has 20 heavy (non-hydrogen) atoms. The van der Waals surface area contributed by atoms with Crippen molar-refractivity contribution >= 4 is 17.2 Å². The van der Waals surface area contributed by atoms with E-state index in [2.05, 4.69) is 35.0 Å². The topological polar surface area (TPSA) is 29.1 Å². The summed E-state index contributed by atoms with van der Waals surface area (Å²) in [6, 6.07) is 4.51. The van der Waals surface area contributed by atoms with Crippen LogP contribution in [0.1, 0.15) is 55.9 Å². The van der Waals surface area contributed by atoms with Crippen molar-refractivity contribution in [2.45, 2.75) is 51.0 Å². The van der Waals surface area contributed by atoms with E-state index in [1.807, 2.05) is 0 Å². The van der Waals surface area contributed by atoms with Crippen molar-refractivity contribution in [1.29, 1.82) is 0 Å². The first kappa shape index (κ1) is 13.9. The molecule has 3 rings (SSSR count). The lowest BCUT2D eigenvalue weighted by molar-refractivity contribution is -0.122. The molecular weight excluding hydrogens is 266 g/mol. The molecule has 2 nitrogen and oxygen atoms in total. The summed E-state index contributed by atoms with van der Waals surface area (Å²) >= 11 is 1.77. The third-order valence-electron chi connectivity index (χ3n) is 4.60. The van der Waals surface area contributed by atoms with Crippen molar-refractivity contribution in [3.63, 3.8) is 0 Å². The van der Waals surface area contributed by atoms with Crippen LogP contribution in [0.3, 0.4) is 0 Å². The zero-order valence-corrected chi connectivity index (χ0v) is 12.7. The van der Waals surface area contributed by atoms with Gasteiger partial charge in [0.15, 0.2) is 0 Å². The highest BCUT2D eigenvalue weighted by Crippen LogP contribution is 2.37. The zero-order chi connectivity index (χ0) is 13.8. The maximum absolute atomic E-state index is 12.3. The Morgan fingerprint density at radius 2 is 2.20 bits per heavy atom. The monoisotopic (exact) mass is 289 g/mol. The van der Waals surface area contributed by atoms with Gasteiger partial charge in [0.25, 0.3) is 0 Å². The number of nitrogens with one attached hydrogen (secondary N) is 1. The Morgan fingerprint density at radius 3 is 2.85 bits per heavy atom. The first-order valence-electron chi connectivity index (χ1n) is 7.82. The standard InChI is InChI=1S/C17H23NOS/c19-16(12-13-6-1-2-7-13)18-17(14-8-3-4-9-14)15-10-5-11-20-15/h1,5-6,10-11,13-14,17H,2-4,7-9,12H2,(H,18,19)/t13-,17-/m0/s1. The quantitative estimate of drug-likeness (QED) is 0.797. The molecule has 0 aromatic carbocycles. The zero-order valence-electron chi connectivity index (χ0n) is 11.9. The lowest BCUT2D eigenvalue weighted by Gasteiger charge is -2.24. The lowest BCUT2D eigenvalue weighted by atomic mass is 9.96. The maximum Gasteiger partial charge on any atom is 0.221 e. The fourth-order valence-electron chi connectivity index (χ4n) is 3.52. The molecule has 0 aliphatic heterocycles. The number of carbonyl (C=O) groups excluding carboxylic acids is 1. The van der Waals surface area contributed by atoms with Crippen LogP contribution in [0.2, 0.25) is 0 Å². The normalized spacial score (nSPS) is 24.1. The maximum atomic E-state index is 12.3. The van der Waals surface area contributed by atoms with Crippen molar-refractivity contribution in [2.24, 2.45) is 11.8 Å². The van der Waals surface area contributed by atoms with Crippen molar-refractivity contribution in [3.05, 3.63) is 34.5 Å². The van der Waals surface area contributed by atoms with Crippen molar-refractivity contribution < 1.29 is 4.79 Å². The Bertz CT molecular complexity index is 459. The van der Waals surface area contributed by atoms with Gasteiger partial charge in [-0.2, -0.15) is 0 Å². The van der Waals surface area contributed by atoms with Gasteiger partial charge in [0, 0.05) is 11.3 Å². The fourth-order valence-corrected chi connectivity index (χ4v) is 4.39. The molecule has 1 saturated carbocycles. The minimum absolute atomic E-state index is 0.229. The van der Waals surface area contributed by atoms with Gasteiger partial charge in [0.1, 0.15) is 0 Å². The summed E-state index contributed by atoms with van der Waals surface area (Å²) in [4.78, 5) is 13.6. The highest BCUT2D eigenvalue weighted by atomic mass is 32.1. The van der Waals surface area contributed by atoms with Gasteiger partial charge in [-0.15, -0.1) is 11.3 Å². The first-order chi connectivity index (χ1) is 9.83. The summed E-state index contributed by atoms with van der Waals surface area (Å²) < 4.78 is 0. The molecule has 1 fully saturated rings. The van der Waals surface area contributed by atoms with E-state index in [1.54, 1.807) is 11.3 Å². The molecule has 0 spiro atoms. The molecule has 2 aliphatic rings. The third-order valence-corrected chi connectivity index (χ3v) is 5.55. The molecule has 108 valence electrons. The number of rotatable bonds is 5. The van der Waals surface area contributed by atoms with Gasteiger partial charge in [-0.05, 0) is 49.0 Å². The van der Waals surface area contributed by atoms with E-state index < -0.39 is 0 Å². The molecular formula is C17H23NOS. The van der Waals surface area contributed by atoms with E-state index in [0.29, 0.717) is 18.3 Å². The van der Waals surface area contributed by atoms with Gasteiger partial charge in [-0.25, -0.2) is 0 Å². The van der Waals surface area contributed by atoms with Crippen LogP contribution in [0.4, 0.5) is 0 Å². The largest absolute Gasteiger partial charge is 0.348 e. The number of carbonyl (C=O) groups is 1. The Morgan fingerprint density at radius 1 is 1.35 bits per heavy atom. The molecule has 1 amide bonds. The van der Waals surface area contributed by atoms with Crippen LogP contribution in [0.5, 0.6) is 0 Å². The first-order valence-corrected chi connectivity index (χ1v) is 8.70. The summed E-state index contributed by atoms with van der Waals surface area (Å²) in [6.07, 6.45) is 12.5. The summed E-state index contributed by atoms with van der Waals surface area (Å²) in [5.74, 6) is 1.33. The van der Waals surface area contributed by atoms with E-state index >= 15 is 0 Å². The van der Waals surface area contributed by atoms with Crippen LogP contribution in [0.15, 0.2) is 29.7 Å². The van der Waals surface area contributed by atoms with Crippen molar-refractivity contribution in [3.8, 4) is 0 Å². The molecule has 1 N–H and O–H groups in total. The second kappa shape index (κ2) is 6.57. The van der Waals surface area contributed by atoms with Crippen LogP contribution >= 0.6 is 11.3 Å². The van der Waals surface area contributed by atoms with Crippen LogP contribution in [-0.4, -0.2) is 5.91 Å². The van der Waals surface area contributed by atoms with Gasteiger partial charge in [0.2, 0.25) is 5.91 Å². The molecule has 0 unspecified atom stereocenters. The van der Waals surface area contributed by atoms with E-state index in [1.165, 1.54) is 30.6 Å². The predicted molar refractivity (Wildman–Crippen MR) is 83.6 cm³/mol. The van der Waals surface area contributed by atoms with Gasteiger partial charge in [0.05, 0.1) is 6.04 Å². The Balaban J connectivity index is 1.63. The minimum atomic E-state index is 0.229. The third kappa shape index (κ3) is 3.32. The average Bonchev–Trinajstić information content (AvgIpc) is 3.18. The number of hydrogen-bond donors (Lipinski definition) is 1. The van der Waals surface area contributed by atoms with E-state index in [-0.39, 0.29) is 11.9 Å². The lowest BCUT2D eigenvalue weighted by Crippen LogP contribution is -2.33. The van der Waals surface area contributed by atoms with Crippen molar-refractivity contribution in [1.82, 2.24) is 5.32 Å². The molecule has 3 heteroatoms. The molecule has 2 atom stereocenters. The van der Waals surface area contributed by atoms with E-state index in [4.69, 9.17) is 0 Å². The van der Waals surface area contributed by atoms with Gasteiger partial charge in [-0.3, -0.25) is 4.79 Å². The van der Waals surface area contributed by atoms with Crippen LogP contribution in [0, 0.1) is 11.8 Å². The summed E-state index contributed by atoms with van der Waals surface area (Å²) in [5.41, 5.74) is 0. The number of amides is 1. The van der Waals surface area contributed by atoms with Crippen LogP contribution in [-0.2, 0) is 4.79 Å². The van der Waals surface area contributed by atoms with Crippen molar-refractivity contribution in [2.75, 3.05) is 0 Å². The molecule has 0 bridgehead atoms. The summed E-state index contributed by atoms with van der Waals surface area (Å²) in [7, 11) is 0. The molecule has 1 aromatic rings. The van der Waals surface area contributed by atoms with E-state index in [9.17, 15) is 4.79 Å². The fraction of sp³-hybridized carbons (Fsp3) is 0.588. The van der Waals surface area contributed by atoms with Gasteiger partial charge >= 0.3 is 0 Å². The Labute approximate surface area is 125 Å². The smallest absolute Gasteiger partial charge is 0.221 e. The Kier molecular flexibility index (Phi) is 4.56. The highest BCUT2D eigenvalue weighted by Gasteiger charge is 2.28. The highest BCUT2D eigenvalue weighted by molar-refractivity contribution is 7.10. The predicted octanol–water partition coefficient (Wildman–Crippen LogP) is 4.45.